The number of ether oxygens (including phenoxy) is 1. The molecule has 3 heterocycles. The maximum absolute atomic E-state index is 9.84. The second kappa shape index (κ2) is 4.85. The molecule has 4 N–H and O–H groups in total. The first-order chi connectivity index (χ1) is 9.49. The minimum Gasteiger partial charge on any atom is -0.387 e. The van der Waals surface area contributed by atoms with Crippen LogP contribution in [0.1, 0.15) is 6.92 Å². The van der Waals surface area contributed by atoms with Crippen molar-refractivity contribution in [1.82, 2.24) is 14.7 Å². The third-order valence-corrected chi connectivity index (χ3v) is 3.81. The molecular weight excluding hydrogens is 332 g/mol. The number of rotatable bonds is 2. The lowest BCUT2D eigenvalue weighted by atomic mass is 10.2. The van der Waals surface area contributed by atoms with Crippen molar-refractivity contribution in [3.63, 3.8) is 0 Å². The molecule has 2 aromatic rings. The average Bonchev–Trinajstić information content (AvgIpc) is 2.85. The van der Waals surface area contributed by atoms with Crippen molar-refractivity contribution >= 4 is 32.8 Å². The van der Waals surface area contributed by atoms with E-state index < -0.39 is 24.6 Å². The number of hydrogen-bond acceptors (Lipinski definition) is 7. The molecule has 2 aromatic heterocycles. The van der Waals surface area contributed by atoms with Crippen LogP contribution in [0, 0.1) is 0 Å². The van der Waals surface area contributed by atoms with Crippen LogP contribution in [-0.2, 0) is 4.74 Å². The van der Waals surface area contributed by atoms with E-state index in [0.717, 1.165) is 0 Å². The minimum atomic E-state index is -1.14. The summed E-state index contributed by atoms with van der Waals surface area (Å²) in [4.78, 5) is 13.5. The molecule has 0 amide bonds. The predicted octanol–water partition coefficient (Wildman–Crippen LogP) is -0.329. The minimum absolute atomic E-state index is 0.311. The Balaban J connectivity index is 1.94. The zero-order chi connectivity index (χ0) is 14.4. The van der Waals surface area contributed by atoms with E-state index in [1.165, 1.54) is 11.1 Å². The van der Waals surface area contributed by atoms with E-state index in [9.17, 15) is 10.2 Å². The SMILES string of the molecule is C[C@H]1O[C@@H](On2cc(Br)c3c(N)ncnc32)[C@H](O)[C@@H]1O. The Labute approximate surface area is 122 Å². The molecular formula is C11H13BrN4O4. The summed E-state index contributed by atoms with van der Waals surface area (Å²) in [5, 5.41) is 20.1. The molecule has 0 unspecified atom stereocenters. The van der Waals surface area contributed by atoms with E-state index in [2.05, 4.69) is 25.9 Å². The van der Waals surface area contributed by atoms with Gasteiger partial charge in [-0.15, -0.1) is 0 Å². The largest absolute Gasteiger partial charge is 0.387 e. The summed E-state index contributed by atoms with van der Waals surface area (Å²) in [6.45, 7) is 1.65. The highest BCUT2D eigenvalue weighted by molar-refractivity contribution is 9.10. The second-order valence-electron chi connectivity index (χ2n) is 4.56. The highest BCUT2D eigenvalue weighted by Gasteiger charge is 2.42. The zero-order valence-electron chi connectivity index (χ0n) is 10.5. The van der Waals surface area contributed by atoms with E-state index in [1.54, 1.807) is 13.1 Å². The monoisotopic (exact) mass is 344 g/mol. The molecule has 1 saturated heterocycles. The van der Waals surface area contributed by atoms with Crippen LogP contribution in [0.5, 0.6) is 0 Å². The average molecular weight is 345 g/mol. The van der Waals surface area contributed by atoms with Gasteiger partial charge in [-0.2, -0.15) is 4.73 Å². The summed E-state index contributed by atoms with van der Waals surface area (Å²) in [6, 6.07) is 0. The van der Waals surface area contributed by atoms with Gasteiger partial charge < -0.3 is 25.5 Å². The molecule has 8 nitrogen and oxygen atoms in total. The Kier molecular flexibility index (Phi) is 3.28. The van der Waals surface area contributed by atoms with Crippen molar-refractivity contribution in [2.24, 2.45) is 0 Å². The molecule has 4 atom stereocenters. The number of aliphatic hydroxyl groups is 2. The van der Waals surface area contributed by atoms with Gasteiger partial charge in [0.2, 0.25) is 0 Å². The van der Waals surface area contributed by atoms with Gasteiger partial charge in [0, 0.05) is 0 Å². The number of halogens is 1. The highest BCUT2D eigenvalue weighted by Crippen LogP contribution is 2.28. The van der Waals surface area contributed by atoms with Gasteiger partial charge in [-0.25, -0.2) is 9.97 Å². The van der Waals surface area contributed by atoms with Crippen molar-refractivity contribution in [3.05, 3.63) is 17.0 Å². The van der Waals surface area contributed by atoms with Crippen molar-refractivity contribution < 1.29 is 19.8 Å². The molecule has 20 heavy (non-hydrogen) atoms. The van der Waals surface area contributed by atoms with Crippen LogP contribution in [0.3, 0.4) is 0 Å². The van der Waals surface area contributed by atoms with Gasteiger partial charge in [0.15, 0.2) is 5.65 Å². The van der Waals surface area contributed by atoms with Crippen LogP contribution < -0.4 is 10.6 Å². The Bertz CT molecular complexity index is 649. The summed E-state index contributed by atoms with van der Waals surface area (Å²) in [5.41, 5.74) is 6.22. The van der Waals surface area contributed by atoms with Gasteiger partial charge in [0.1, 0.15) is 24.4 Å². The van der Waals surface area contributed by atoms with Gasteiger partial charge in [-0.05, 0) is 22.9 Å². The van der Waals surface area contributed by atoms with E-state index in [1.807, 2.05) is 0 Å². The lowest BCUT2D eigenvalue weighted by Crippen LogP contribution is -2.37. The van der Waals surface area contributed by atoms with Gasteiger partial charge >= 0.3 is 0 Å². The topological polar surface area (TPSA) is 116 Å². The van der Waals surface area contributed by atoms with Crippen LogP contribution >= 0.6 is 15.9 Å². The van der Waals surface area contributed by atoms with Gasteiger partial charge in [-0.3, -0.25) is 0 Å². The van der Waals surface area contributed by atoms with Crippen LogP contribution in [0.2, 0.25) is 0 Å². The highest BCUT2D eigenvalue weighted by atomic mass is 79.9. The number of nitrogens with two attached hydrogens (primary N) is 1. The summed E-state index contributed by atoms with van der Waals surface area (Å²) in [5.74, 6) is 0.311. The zero-order valence-corrected chi connectivity index (χ0v) is 12.1. The van der Waals surface area contributed by atoms with Crippen molar-refractivity contribution in [2.75, 3.05) is 5.73 Å². The van der Waals surface area contributed by atoms with E-state index in [-0.39, 0.29) is 0 Å². The molecule has 1 aliphatic rings. The molecule has 1 aliphatic heterocycles. The number of nitrogen functional groups attached to an aromatic ring is 1. The number of hydrogen-bond donors (Lipinski definition) is 3. The summed E-state index contributed by atoms with van der Waals surface area (Å²) in [7, 11) is 0. The molecule has 0 spiro atoms. The normalized spacial score (nSPS) is 30.0. The predicted molar refractivity (Wildman–Crippen MR) is 72.6 cm³/mol. The molecule has 0 bridgehead atoms. The molecule has 9 heteroatoms. The first-order valence-electron chi connectivity index (χ1n) is 5.95. The van der Waals surface area contributed by atoms with Crippen molar-refractivity contribution in [3.8, 4) is 0 Å². The fourth-order valence-electron chi connectivity index (χ4n) is 2.10. The molecule has 0 aliphatic carbocycles. The summed E-state index contributed by atoms with van der Waals surface area (Å²) < 4.78 is 7.33. The molecule has 0 saturated carbocycles. The Morgan fingerprint density at radius 1 is 1.40 bits per heavy atom. The Morgan fingerprint density at radius 2 is 2.15 bits per heavy atom. The molecule has 0 radical (unpaired) electrons. The third kappa shape index (κ3) is 2.03. The lowest BCUT2D eigenvalue weighted by molar-refractivity contribution is -0.162. The molecule has 3 rings (SSSR count). The number of aliphatic hydroxyl groups excluding tert-OH is 2. The Morgan fingerprint density at radius 3 is 2.80 bits per heavy atom. The van der Waals surface area contributed by atoms with Crippen molar-refractivity contribution in [2.45, 2.75) is 31.5 Å². The van der Waals surface area contributed by atoms with E-state index in [4.69, 9.17) is 15.3 Å². The lowest BCUT2D eigenvalue weighted by Gasteiger charge is -2.16. The molecule has 108 valence electrons. The first kappa shape index (κ1) is 13.6. The molecule has 1 fully saturated rings. The number of nitrogens with zero attached hydrogens (tertiary/aromatic N) is 3. The quantitative estimate of drug-likeness (QED) is 0.683. The van der Waals surface area contributed by atoms with Crippen LogP contribution in [0.4, 0.5) is 5.82 Å². The number of anilines is 1. The smallest absolute Gasteiger partial charge is 0.253 e. The molecule has 0 aromatic carbocycles. The summed E-state index contributed by atoms with van der Waals surface area (Å²) in [6.07, 6.45) is -0.724. The Hall–Kier alpha value is -1.42. The van der Waals surface area contributed by atoms with Crippen LogP contribution in [0.15, 0.2) is 17.0 Å². The second-order valence-corrected chi connectivity index (χ2v) is 5.41. The number of fused-ring (bicyclic) bond motifs is 1. The maximum Gasteiger partial charge on any atom is 0.253 e. The third-order valence-electron chi connectivity index (χ3n) is 3.21. The first-order valence-corrected chi connectivity index (χ1v) is 6.74. The fraction of sp³-hybridized carbons (Fsp3) is 0.455. The van der Waals surface area contributed by atoms with Crippen molar-refractivity contribution in [1.29, 1.82) is 0 Å². The standard InChI is InChI=1S/C11H13BrN4O4/c1-4-7(17)8(18)11(19-4)20-16-2-5(12)6-9(13)14-3-15-10(6)16/h2-4,7-8,11,17-18H,1H3,(H2,13,14,15)/t4-,7-,8-,11+/m1/s1. The van der Waals surface area contributed by atoms with Gasteiger partial charge in [-0.1, -0.05) is 0 Å². The van der Waals surface area contributed by atoms with Crippen LogP contribution in [-0.4, -0.2) is 49.5 Å². The van der Waals surface area contributed by atoms with Gasteiger partial charge in [0.05, 0.1) is 22.2 Å². The van der Waals surface area contributed by atoms with Crippen LogP contribution in [0.25, 0.3) is 11.0 Å². The van der Waals surface area contributed by atoms with Gasteiger partial charge in [0.25, 0.3) is 6.29 Å². The fourth-order valence-corrected chi connectivity index (χ4v) is 2.67. The van der Waals surface area contributed by atoms with E-state index >= 15 is 0 Å². The van der Waals surface area contributed by atoms with E-state index in [0.29, 0.717) is 21.3 Å². The summed E-state index contributed by atoms with van der Waals surface area (Å²) >= 11 is 3.34. The maximum atomic E-state index is 9.84. The number of aromatic nitrogens is 3.